The van der Waals surface area contributed by atoms with Crippen molar-refractivity contribution in [2.45, 2.75) is 38.3 Å². The summed E-state index contributed by atoms with van der Waals surface area (Å²) in [6, 6.07) is 8.19. The van der Waals surface area contributed by atoms with E-state index in [-0.39, 0.29) is 17.7 Å². The molecule has 0 spiro atoms. The van der Waals surface area contributed by atoms with Crippen molar-refractivity contribution in [2.75, 3.05) is 42.8 Å². The highest BCUT2D eigenvalue weighted by Crippen LogP contribution is 2.45. The van der Waals surface area contributed by atoms with Crippen LogP contribution in [0.1, 0.15) is 47.8 Å². The van der Waals surface area contributed by atoms with Crippen molar-refractivity contribution in [3.8, 4) is 11.1 Å². The summed E-state index contributed by atoms with van der Waals surface area (Å²) in [4.78, 5) is 31.5. The van der Waals surface area contributed by atoms with Crippen LogP contribution in [0.5, 0.6) is 0 Å². The zero-order chi connectivity index (χ0) is 25.5. The summed E-state index contributed by atoms with van der Waals surface area (Å²) in [6.45, 7) is 2.25. The normalized spacial score (nSPS) is 17.1. The lowest BCUT2D eigenvalue weighted by Gasteiger charge is -2.32. The minimum atomic E-state index is -0.256. The van der Waals surface area contributed by atoms with Crippen molar-refractivity contribution in [3.05, 3.63) is 47.9 Å². The van der Waals surface area contributed by atoms with Gasteiger partial charge in [0.1, 0.15) is 5.82 Å². The fraction of sp³-hybridized carbons (Fsp3) is 0.407. The Morgan fingerprint density at radius 2 is 1.86 bits per heavy atom. The molecule has 0 radical (unpaired) electrons. The molecule has 192 valence electrons. The Labute approximate surface area is 215 Å². The third kappa shape index (κ3) is 4.42. The van der Waals surface area contributed by atoms with E-state index in [2.05, 4.69) is 43.6 Å². The molecule has 3 aliphatic rings. The van der Waals surface area contributed by atoms with Crippen LogP contribution in [0.4, 0.5) is 22.9 Å². The maximum atomic E-state index is 12.6. The summed E-state index contributed by atoms with van der Waals surface area (Å²) in [5, 5.41) is 13.8. The maximum Gasteiger partial charge on any atom is 0.254 e. The third-order valence-corrected chi connectivity index (χ3v) is 7.37. The Balaban J connectivity index is 1.36. The first kappa shape index (κ1) is 23.5. The van der Waals surface area contributed by atoms with Gasteiger partial charge in [-0.2, -0.15) is 5.10 Å². The van der Waals surface area contributed by atoms with Crippen molar-refractivity contribution >= 4 is 34.7 Å². The molecule has 0 atom stereocenters. The van der Waals surface area contributed by atoms with Crippen molar-refractivity contribution in [3.63, 3.8) is 0 Å². The van der Waals surface area contributed by atoms with E-state index >= 15 is 0 Å². The van der Waals surface area contributed by atoms with Crippen LogP contribution >= 0.6 is 0 Å². The predicted molar refractivity (Wildman–Crippen MR) is 141 cm³/mol. The molecule has 2 aromatic heterocycles. The molecule has 10 nitrogen and oxygen atoms in total. The second-order valence-corrected chi connectivity index (χ2v) is 9.93. The first-order chi connectivity index (χ1) is 18.0. The van der Waals surface area contributed by atoms with Gasteiger partial charge in [-0.05, 0) is 31.7 Å². The molecule has 3 N–H and O–H groups in total. The summed E-state index contributed by atoms with van der Waals surface area (Å²) < 4.78 is 7.73. The van der Waals surface area contributed by atoms with E-state index in [0.29, 0.717) is 23.1 Å². The van der Waals surface area contributed by atoms with Crippen LogP contribution in [-0.2, 0) is 16.1 Å². The first-order valence-corrected chi connectivity index (χ1v) is 12.8. The van der Waals surface area contributed by atoms with E-state index in [0.717, 1.165) is 67.9 Å². The number of aromatic nitrogens is 3. The van der Waals surface area contributed by atoms with E-state index in [9.17, 15) is 9.59 Å². The molecule has 6 rings (SSSR count). The quantitative estimate of drug-likeness (QED) is 0.472. The zero-order valence-corrected chi connectivity index (χ0v) is 21.1. The van der Waals surface area contributed by atoms with Gasteiger partial charge in [-0.25, -0.2) is 4.98 Å². The number of hydrogen-bond donors (Lipinski definition) is 3. The number of nitrogens with one attached hydrogen (secondary N) is 3. The number of rotatable bonds is 6. The Morgan fingerprint density at radius 1 is 1.05 bits per heavy atom. The molecule has 10 heteroatoms. The van der Waals surface area contributed by atoms with Gasteiger partial charge in [0.15, 0.2) is 0 Å². The number of para-hydroxylation sites is 1. The minimum Gasteiger partial charge on any atom is -0.381 e. The maximum absolute atomic E-state index is 12.6. The van der Waals surface area contributed by atoms with Gasteiger partial charge in [0.2, 0.25) is 5.91 Å². The molecule has 1 aromatic carbocycles. The summed E-state index contributed by atoms with van der Waals surface area (Å²) in [5.41, 5.74) is 6.29. The second-order valence-electron chi connectivity index (χ2n) is 9.93. The van der Waals surface area contributed by atoms with Crippen LogP contribution in [0.15, 0.2) is 36.7 Å². The number of nitrogens with zero attached hydrogens (tertiary/aromatic N) is 4. The molecule has 0 bridgehead atoms. The summed E-state index contributed by atoms with van der Waals surface area (Å²) in [5.74, 6) is 0.193. The smallest absolute Gasteiger partial charge is 0.254 e. The number of amides is 2. The molecule has 2 amide bonds. The number of ether oxygens (including phenoxy) is 1. The minimum absolute atomic E-state index is 0.0305. The summed E-state index contributed by atoms with van der Waals surface area (Å²) >= 11 is 0. The monoisotopic (exact) mass is 501 g/mol. The van der Waals surface area contributed by atoms with Crippen molar-refractivity contribution in [1.29, 1.82) is 0 Å². The molecule has 1 saturated heterocycles. The lowest BCUT2D eigenvalue weighted by molar-refractivity contribution is -0.117. The third-order valence-electron chi connectivity index (χ3n) is 7.37. The number of anilines is 4. The molecule has 1 saturated carbocycles. The zero-order valence-electron chi connectivity index (χ0n) is 21.1. The molecule has 37 heavy (non-hydrogen) atoms. The predicted octanol–water partition coefficient (Wildman–Crippen LogP) is 3.70. The van der Waals surface area contributed by atoms with Crippen LogP contribution in [0.25, 0.3) is 11.1 Å². The van der Waals surface area contributed by atoms with E-state index in [1.165, 1.54) is 11.9 Å². The summed E-state index contributed by atoms with van der Waals surface area (Å²) in [6.07, 6.45) is 7.21. The van der Waals surface area contributed by atoms with Gasteiger partial charge in [0.05, 0.1) is 47.1 Å². The number of hydrogen-bond acceptors (Lipinski definition) is 7. The highest BCUT2D eigenvalue weighted by atomic mass is 16.5. The number of benzene rings is 1. The van der Waals surface area contributed by atoms with Gasteiger partial charge in [-0.15, -0.1) is 0 Å². The highest BCUT2D eigenvalue weighted by Gasteiger charge is 2.31. The number of fused-ring (bicyclic) bond motifs is 3. The van der Waals surface area contributed by atoms with Crippen molar-refractivity contribution in [2.24, 2.45) is 5.92 Å². The topological polar surface area (TPSA) is 113 Å². The van der Waals surface area contributed by atoms with Gasteiger partial charge in [-0.3, -0.25) is 14.3 Å². The average Bonchev–Trinajstić information content (AvgIpc) is 3.69. The van der Waals surface area contributed by atoms with Gasteiger partial charge < -0.3 is 25.6 Å². The van der Waals surface area contributed by atoms with Gasteiger partial charge in [0, 0.05) is 56.6 Å². The van der Waals surface area contributed by atoms with Crippen LogP contribution in [0, 0.1) is 5.92 Å². The molecule has 4 heterocycles. The average molecular weight is 502 g/mol. The fourth-order valence-corrected chi connectivity index (χ4v) is 5.25. The molecule has 2 aliphatic heterocycles. The van der Waals surface area contributed by atoms with Crippen LogP contribution in [0.2, 0.25) is 0 Å². The Bertz CT molecular complexity index is 1360. The van der Waals surface area contributed by atoms with E-state index in [4.69, 9.17) is 9.84 Å². The van der Waals surface area contributed by atoms with Crippen LogP contribution in [0.3, 0.4) is 0 Å². The molecular formula is C27H31N7O3. The number of carbonyl (C=O) groups is 2. The molecule has 1 aliphatic carbocycles. The second kappa shape index (κ2) is 9.51. The number of carbonyl (C=O) groups excluding carboxylic acids is 2. The van der Waals surface area contributed by atoms with E-state index in [1.807, 2.05) is 18.3 Å². The number of pyridine rings is 1. The Kier molecular flexibility index (Phi) is 6.03. The van der Waals surface area contributed by atoms with E-state index < -0.39 is 0 Å². The van der Waals surface area contributed by atoms with Gasteiger partial charge in [-0.1, -0.05) is 12.1 Å². The lowest BCUT2D eigenvalue weighted by atomic mass is 9.97. The fourth-order valence-electron chi connectivity index (χ4n) is 5.25. The highest BCUT2D eigenvalue weighted by molar-refractivity contribution is 6.02. The Morgan fingerprint density at radius 3 is 2.62 bits per heavy atom. The van der Waals surface area contributed by atoms with Gasteiger partial charge in [0.25, 0.3) is 5.91 Å². The molecule has 3 aromatic rings. The standard InChI is InChI=1S/C27H31N7O3/c1-28-27(36)20-13-29-24(32-26(35)16-6-7-16)12-22(20)31-21-5-3-4-18-19-14-30-34(17-8-10-37-11-9-17)23(19)15-33(2)25(18)21/h3-5,12-14,16-17H,6-11,15H2,1-2H3,(H,28,36)(H2,29,31,32,35). The van der Waals surface area contributed by atoms with Crippen LogP contribution in [-0.4, -0.2) is 53.9 Å². The molecule has 2 fully saturated rings. The first-order valence-electron chi connectivity index (χ1n) is 12.8. The Hall–Kier alpha value is -3.92. The van der Waals surface area contributed by atoms with E-state index in [1.54, 1.807) is 13.1 Å². The van der Waals surface area contributed by atoms with Crippen molar-refractivity contribution in [1.82, 2.24) is 20.1 Å². The summed E-state index contributed by atoms with van der Waals surface area (Å²) in [7, 11) is 3.66. The lowest BCUT2D eigenvalue weighted by Crippen LogP contribution is -2.28. The van der Waals surface area contributed by atoms with Crippen LogP contribution < -0.4 is 20.9 Å². The SMILES string of the molecule is CNC(=O)c1cnc(NC(=O)C2CC2)cc1Nc1cccc2c1N(C)Cc1c-2cnn1C1CCOCC1. The largest absolute Gasteiger partial charge is 0.381 e. The van der Waals surface area contributed by atoms with Gasteiger partial charge >= 0.3 is 0 Å². The molecule has 0 unspecified atom stereocenters. The van der Waals surface area contributed by atoms with Crippen molar-refractivity contribution < 1.29 is 14.3 Å². The molecular weight excluding hydrogens is 470 g/mol.